The second-order valence-electron chi connectivity index (χ2n) is 5.05. The monoisotopic (exact) mass is 287 g/mol. The number of benzene rings is 2. The molecule has 1 atom stereocenters. The molecular weight excluding hydrogens is 266 g/mol. The highest BCUT2D eigenvalue weighted by atomic mass is 16.5. The van der Waals surface area contributed by atoms with Crippen molar-refractivity contribution in [3.8, 4) is 5.75 Å². The summed E-state index contributed by atoms with van der Waals surface area (Å²) in [6, 6.07) is 11.5. The first-order valence-corrected chi connectivity index (χ1v) is 7.23. The molecule has 0 aliphatic rings. The fraction of sp³-hybridized carbons (Fsp3) is 0.353. The van der Waals surface area contributed by atoms with Crippen LogP contribution in [0.25, 0.3) is 10.8 Å². The molecule has 0 aromatic heterocycles. The van der Waals surface area contributed by atoms with E-state index in [0.717, 1.165) is 28.5 Å². The zero-order valence-electron chi connectivity index (χ0n) is 12.4. The van der Waals surface area contributed by atoms with Crippen LogP contribution in [-0.4, -0.2) is 23.7 Å². The van der Waals surface area contributed by atoms with Crippen LogP contribution in [0.3, 0.4) is 0 Å². The summed E-state index contributed by atoms with van der Waals surface area (Å²) >= 11 is 0. The van der Waals surface area contributed by atoms with Crippen LogP contribution in [0.2, 0.25) is 0 Å². The minimum absolute atomic E-state index is 0.466. The Morgan fingerprint density at radius 1 is 1.29 bits per heavy atom. The Morgan fingerprint density at radius 2 is 2.05 bits per heavy atom. The number of carboxylic acid groups (broad SMARTS) is 1. The third kappa shape index (κ3) is 3.73. The molecule has 0 saturated heterocycles. The van der Waals surface area contributed by atoms with Gasteiger partial charge in [0.1, 0.15) is 11.8 Å². The fourth-order valence-electron chi connectivity index (χ4n) is 2.19. The van der Waals surface area contributed by atoms with Crippen LogP contribution >= 0.6 is 0 Å². The molecule has 2 rings (SSSR count). The van der Waals surface area contributed by atoms with E-state index in [0.29, 0.717) is 13.2 Å². The van der Waals surface area contributed by atoms with Crippen LogP contribution in [0.4, 0.5) is 0 Å². The number of hydrogen-bond acceptors (Lipinski definition) is 3. The standard InChI is InChI=1S/C17H21NO3/c1-3-10-21-16-9-8-13-6-4-5-7-14(13)15(16)11-18-12(2)17(19)20/h4-9,12,18H,3,10-11H2,1-2H3,(H,19,20)/t12-/m1/s1. The van der Waals surface area contributed by atoms with Gasteiger partial charge in [-0.1, -0.05) is 37.3 Å². The van der Waals surface area contributed by atoms with E-state index in [-0.39, 0.29) is 0 Å². The minimum atomic E-state index is -0.855. The number of rotatable bonds is 7. The maximum atomic E-state index is 10.9. The summed E-state index contributed by atoms with van der Waals surface area (Å²) in [7, 11) is 0. The van der Waals surface area contributed by atoms with E-state index in [9.17, 15) is 4.79 Å². The fourth-order valence-corrected chi connectivity index (χ4v) is 2.19. The summed E-state index contributed by atoms with van der Waals surface area (Å²) in [5.74, 6) is -0.0353. The average Bonchev–Trinajstić information content (AvgIpc) is 2.50. The lowest BCUT2D eigenvalue weighted by Gasteiger charge is -2.16. The van der Waals surface area contributed by atoms with Gasteiger partial charge in [0.25, 0.3) is 0 Å². The van der Waals surface area contributed by atoms with Gasteiger partial charge in [0.15, 0.2) is 0 Å². The lowest BCUT2D eigenvalue weighted by atomic mass is 10.0. The van der Waals surface area contributed by atoms with Crippen molar-refractivity contribution >= 4 is 16.7 Å². The molecule has 0 saturated carbocycles. The zero-order chi connectivity index (χ0) is 15.2. The third-order valence-electron chi connectivity index (χ3n) is 3.41. The van der Waals surface area contributed by atoms with Crippen LogP contribution in [0.5, 0.6) is 5.75 Å². The number of nitrogens with one attached hydrogen (secondary N) is 1. The van der Waals surface area contributed by atoms with E-state index in [1.165, 1.54) is 0 Å². The zero-order valence-corrected chi connectivity index (χ0v) is 12.4. The Hall–Kier alpha value is -2.07. The molecule has 0 aliphatic carbocycles. The van der Waals surface area contributed by atoms with Gasteiger partial charge in [-0.15, -0.1) is 0 Å². The van der Waals surface area contributed by atoms with Crippen LogP contribution in [0, 0.1) is 0 Å². The first-order chi connectivity index (χ1) is 10.1. The Labute approximate surface area is 124 Å². The molecule has 21 heavy (non-hydrogen) atoms. The Balaban J connectivity index is 2.33. The smallest absolute Gasteiger partial charge is 0.320 e. The van der Waals surface area contributed by atoms with Gasteiger partial charge < -0.3 is 15.2 Å². The summed E-state index contributed by atoms with van der Waals surface area (Å²) in [5.41, 5.74) is 1.01. The molecule has 4 heteroatoms. The lowest BCUT2D eigenvalue weighted by molar-refractivity contribution is -0.139. The summed E-state index contributed by atoms with van der Waals surface area (Å²) < 4.78 is 5.80. The SMILES string of the molecule is CCCOc1ccc2ccccc2c1CN[C@H](C)C(=O)O. The van der Waals surface area contributed by atoms with Crippen molar-refractivity contribution in [2.24, 2.45) is 0 Å². The highest BCUT2D eigenvalue weighted by Crippen LogP contribution is 2.28. The summed E-state index contributed by atoms with van der Waals surface area (Å²) in [4.78, 5) is 10.9. The summed E-state index contributed by atoms with van der Waals surface area (Å²) in [5, 5.41) is 14.2. The van der Waals surface area contributed by atoms with Crippen LogP contribution in [0.15, 0.2) is 36.4 Å². The molecule has 0 unspecified atom stereocenters. The normalized spacial score (nSPS) is 12.3. The third-order valence-corrected chi connectivity index (χ3v) is 3.41. The second-order valence-corrected chi connectivity index (χ2v) is 5.05. The Bertz CT molecular complexity index is 624. The molecule has 4 nitrogen and oxygen atoms in total. The highest BCUT2D eigenvalue weighted by molar-refractivity contribution is 5.87. The quantitative estimate of drug-likeness (QED) is 0.821. The molecule has 0 aliphatic heterocycles. The predicted octanol–water partition coefficient (Wildman–Crippen LogP) is 3.19. The van der Waals surface area contributed by atoms with Crippen LogP contribution in [0.1, 0.15) is 25.8 Å². The van der Waals surface area contributed by atoms with E-state index in [1.807, 2.05) is 36.4 Å². The topological polar surface area (TPSA) is 58.6 Å². The van der Waals surface area contributed by atoms with Crippen molar-refractivity contribution in [3.05, 3.63) is 42.0 Å². The summed E-state index contributed by atoms with van der Waals surface area (Å²) in [6.45, 7) is 4.82. The highest BCUT2D eigenvalue weighted by Gasteiger charge is 2.13. The number of carboxylic acids is 1. The van der Waals surface area contributed by atoms with Gasteiger partial charge in [0, 0.05) is 12.1 Å². The maximum Gasteiger partial charge on any atom is 0.320 e. The van der Waals surface area contributed by atoms with Crippen molar-refractivity contribution in [3.63, 3.8) is 0 Å². The predicted molar refractivity (Wildman–Crippen MR) is 83.7 cm³/mol. The van der Waals surface area contributed by atoms with E-state index in [1.54, 1.807) is 6.92 Å². The van der Waals surface area contributed by atoms with E-state index >= 15 is 0 Å². The van der Waals surface area contributed by atoms with Crippen molar-refractivity contribution in [1.82, 2.24) is 5.32 Å². The molecule has 112 valence electrons. The van der Waals surface area contributed by atoms with Gasteiger partial charge in [-0.05, 0) is 30.2 Å². The molecule has 2 aromatic rings. The molecular formula is C17H21NO3. The molecule has 0 fully saturated rings. The van der Waals surface area contributed by atoms with Crippen molar-refractivity contribution < 1.29 is 14.6 Å². The van der Waals surface area contributed by atoms with Gasteiger partial charge in [0.2, 0.25) is 0 Å². The van der Waals surface area contributed by atoms with Crippen molar-refractivity contribution in [2.75, 3.05) is 6.61 Å². The number of fused-ring (bicyclic) bond motifs is 1. The largest absolute Gasteiger partial charge is 0.493 e. The molecule has 0 spiro atoms. The van der Waals surface area contributed by atoms with E-state index in [4.69, 9.17) is 9.84 Å². The van der Waals surface area contributed by atoms with E-state index < -0.39 is 12.0 Å². The number of hydrogen-bond donors (Lipinski definition) is 2. The first-order valence-electron chi connectivity index (χ1n) is 7.23. The minimum Gasteiger partial charge on any atom is -0.493 e. The Morgan fingerprint density at radius 3 is 2.76 bits per heavy atom. The molecule has 0 heterocycles. The van der Waals surface area contributed by atoms with Gasteiger partial charge in [-0.25, -0.2) is 0 Å². The molecule has 2 aromatic carbocycles. The lowest BCUT2D eigenvalue weighted by Crippen LogP contribution is -2.33. The molecule has 0 amide bonds. The number of ether oxygens (including phenoxy) is 1. The van der Waals surface area contributed by atoms with Crippen molar-refractivity contribution in [1.29, 1.82) is 0 Å². The second kappa shape index (κ2) is 7.09. The van der Waals surface area contributed by atoms with Crippen LogP contribution < -0.4 is 10.1 Å². The summed E-state index contributed by atoms with van der Waals surface area (Å²) in [6.07, 6.45) is 0.936. The number of carbonyl (C=O) groups is 1. The average molecular weight is 287 g/mol. The Kier molecular flexibility index (Phi) is 5.17. The molecule has 0 radical (unpaired) electrons. The van der Waals surface area contributed by atoms with Gasteiger partial charge >= 0.3 is 5.97 Å². The maximum absolute atomic E-state index is 10.9. The number of aliphatic carboxylic acids is 1. The molecule has 2 N–H and O–H groups in total. The van der Waals surface area contributed by atoms with Crippen molar-refractivity contribution in [2.45, 2.75) is 32.9 Å². The van der Waals surface area contributed by atoms with E-state index in [2.05, 4.69) is 12.2 Å². The first kappa shape index (κ1) is 15.3. The van der Waals surface area contributed by atoms with Crippen LogP contribution in [-0.2, 0) is 11.3 Å². The van der Waals surface area contributed by atoms with Gasteiger partial charge in [-0.3, -0.25) is 4.79 Å². The molecule has 0 bridgehead atoms. The van der Waals surface area contributed by atoms with Gasteiger partial charge in [0.05, 0.1) is 6.61 Å². The van der Waals surface area contributed by atoms with Gasteiger partial charge in [-0.2, -0.15) is 0 Å².